The van der Waals surface area contributed by atoms with Crippen LogP contribution in [0.5, 0.6) is 0 Å². The fourth-order valence-electron chi connectivity index (χ4n) is 5.53. The largest absolute Gasteiger partial charge is 0.373 e. The molecule has 2 atom stereocenters. The Hall–Kier alpha value is -1.85. The van der Waals surface area contributed by atoms with Crippen molar-refractivity contribution in [2.24, 2.45) is 5.92 Å². The van der Waals surface area contributed by atoms with Crippen LogP contribution in [-0.2, 0) is 16.0 Å². The van der Waals surface area contributed by atoms with Gasteiger partial charge in [-0.2, -0.15) is 0 Å². The number of nitrogens with zero attached hydrogens (tertiary/aromatic N) is 2. The summed E-state index contributed by atoms with van der Waals surface area (Å²) in [5.41, 5.74) is 2.10. The van der Waals surface area contributed by atoms with E-state index in [0.29, 0.717) is 12.3 Å². The van der Waals surface area contributed by atoms with Crippen LogP contribution >= 0.6 is 0 Å². The zero-order valence-electron chi connectivity index (χ0n) is 16.7. The van der Waals surface area contributed by atoms with Gasteiger partial charge in [0.25, 0.3) is 0 Å². The minimum absolute atomic E-state index is 0.0987. The number of carbonyl (C=O) groups excluding carboxylic acids is 1. The molecule has 1 aromatic carbocycles. The third kappa shape index (κ3) is 3.58. The minimum atomic E-state index is -0.0987. The molecule has 0 aliphatic carbocycles. The van der Waals surface area contributed by atoms with Crippen molar-refractivity contribution in [2.75, 3.05) is 39.3 Å². The molecule has 1 spiro atoms. The topological polar surface area (TPSA) is 48.6 Å². The van der Waals surface area contributed by atoms with Gasteiger partial charge in [-0.05, 0) is 62.7 Å². The van der Waals surface area contributed by atoms with Gasteiger partial charge in [0.15, 0.2) is 0 Å². The summed E-state index contributed by atoms with van der Waals surface area (Å²) >= 11 is 0. The summed E-state index contributed by atoms with van der Waals surface area (Å²) in [6.07, 6.45) is 8.40. The number of amides is 1. The number of likely N-dealkylation sites (tertiary alicyclic amines) is 2. The first-order chi connectivity index (χ1) is 13.7. The molecule has 5 heteroatoms. The number of H-pyrrole nitrogens is 1. The van der Waals surface area contributed by atoms with Crippen molar-refractivity contribution in [2.45, 2.75) is 44.1 Å². The molecule has 0 radical (unpaired) electrons. The van der Waals surface area contributed by atoms with Crippen LogP contribution < -0.4 is 0 Å². The average Bonchev–Trinajstić information content (AvgIpc) is 3.44. The summed E-state index contributed by atoms with van der Waals surface area (Å²) in [5, 5.41) is 1.16. The molecule has 1 amide bonds. The van der Waals surface area contributed by atoms with Gasteiger partial charge in [0, 0.05) is 36.7 Å². The smallest absolute Gasteiger partial charge is 0.227 e. The first-order valence-electron chi connectivity index (χ1n) is 10.9. The molecule has 0 saturated carbocycles. The van der Waals surface area contributed by atoms with E-state index in [1.54, 1.807) is 0 Å². The Balaban J connectivity index is 1.22. The van der Waals surface area contributed by atoms with Crippen molar-refractivity contribution in [1.82, 2.24) is 14.8 Å². The molecule has 4 heterocycles. The van der Waals surface area contributed by atoms with Crippen molar-refractivity contribution in [3.63, 3.8) is 0 Å². The lowest BCUT2D eigenvalue weighted by atomic mass is 9.86. The number of piperidine rings is 1. The van der Waals surface area contributed by atoms with Crippen LogP contribution in [0.25, 0.3) is 10.9 Å². The van der Waals surface area contributed by atoms with Crippen LogP contribution in [0.1, 0.15) is 37.7 Å². The lowest BCUT2D eigenvalue weighted by Gasteiger charge is -2.40. The fraction of sp³-hybridized carbons (Fsp3) is 0.609. The van der Waals surface area contributed by atoms with Crippen molar-refractivity contribution in [3.8, 4) is 0 Å². The third-order valence-corrected chi connectivity index (χ3v) is 6.91. The van der Waals surface area contributed by atoms with Crippen LogP contribution in [0.15, 0.2) is 30.5 Å². The SMILES string of the molecule is O=C(Cc1c[nH]c2ccccc12)N1CCC[C@]2(C[C@H](CN3CCCC3)CO2)C1. The molecule has 1 N–H and O–H groups in total. The van der Waals surface area contributed by atoms with Crippen molar-refractivity contribution in [3.05, 3.63) is 36.0 Å². The predicted octanol–water partition coefficient (Wildman–Crippen LogP) is 3.20. The summed E-state index contributed by atoms with van der Waals surface area (Å²) in [6, 6.07) is 8.21. The Kier molecular flexibility index (Phi) is 4.89. The molecule has 0 bridgehead atoms. The molecule has 3 fully saturated rings. The first-order valence-corrected chi connectivity index (χ1v) is 10.9. The minimum Gasteiger partial charge on any atom is -0.373 e. The number of carbonyl (C=O) groups is 1. The maximum Gasteiger partial charge on any atom is 0.227 e. The Bertz CT molecular complexity index is 841. The van der Waals surface area contributed by atoms with Crippen molar-refractivity contribution >= 4 is 16.8 Å². The van der Waals surface area contributed by atoms with Gasteiger partial charge in [-0.1, -0.05) is 18.2 Å². The second-order valence-electron chi connectivity index (χ2n) is 9.03. The number of fused-ring (bicyclic) bond motifs is 1. The normalized spacial score (nSPS) is 28.6. The van der Waals surface area contributed by atoms with Crippen LogP contribution in [0.4, 0.5) is 0 Å². The van der Waals surface area contributed by atoms with E-state index >= 15 is 0 Å². The standard InChI is InChI=1S/C23H31N3O2/c27-22(12-19-14-24-21-7-2-1-6-20(19)21)26-11-5-8-23(17-26)13-18(16-28-23)15-25-9-3-4-10-25/h1-2,6-7,14,18,24H,3-5,8-13,15-17H2/t18-,23+/m1/s1. The summed E-state index contributed by atoms with van der Waals surface area (Å²) in [7, 11) is 0. The van der Waals surface area contributed by atoms with Crippen molar-refractivity contribution in [1.29, 1.82) is 0 Å². The quantitative estimate of drug-likeness (QED) is 0.885. The highest BCUT2D eigenvalue weighted by Gasteiger charge is 2.44. The maximum absolute atomic E-state index is 13.1. The van der Waals surface area contributed by atoms with E-state index < -0.39 is 0 Å². The number of aromatic nitrogens is 1. The Morgan fingerprint density at radius 3 is 2.93 bits per heavy atom. The number of nitrogens with one attached hydrogen (secondary N) is 1. The predicted molar refractivity (Wildman–Crippen MR) is 110 cm³/mol. The highest BCUT2D eigenvalue weighted by atomic mass is 16.5. The molecule has 5 nitrogen and oxygen atoms in total. The van der Waals surface area contributed by atoms with Crippen LogP contribution in [0.2, 0.25) is 0 Å². The zero-order chi connectivity index (χ0) is 19.0. The van der Waals surface area contributed by atoms with E-state index in [2.05, 4.69) is 26.9 Å². The molecule has 1 aromatic heterocycles. The van der Waals surface area contributed by atoms with Gasteiger partial charge in [0.1, 0.15) is 0 Å². The molecule has 5 rings (SSSR count). The molecular formula is C23H31N3O2. The van der Waals surface area contributed by atoms with Crippen LogP contribution in [-0.4, -0.2) is 65.6 Å². The van der Waals surface area contributed by atoms with E-state index in [4.69, 9.17) is 4.74 Å². The molecule has 3 aliphatic heterocycles. The molecule has 150 valence electrons. The number of benzene rings is 1. The number of aromatic amines is 1. The molecular weight excluding hydrogens is 350 g/mol. The summed E-state index contributed by atoms with van der Waals surface area (Å²) in [6.45, 7) is 6.16. The summed E-state index contributed by atoms with van der Waals surface area (Å²) < 4.78 is 6.36. The third-order valence-electron chi connectivity index (χ3n) is 6.91. The zero-order valence-corrected chi connectivity index (χ0v) is 16.7. The van der Waals surface area contributed by atoms with Crippen molar-refractivity contribution < 1.29 is 9.53 Å². The van der Waals surface area contributed by atoms with E-state index in [-0.39, 0.29) is 11.5 Å². The lowest BCUT2D eigenvalue weighted by molar-refractivity contribution is -0.138. The Morgan fingerprint density at radius 1 is 1.18 bits per heavy atom. The first kappa shape index (κ1) is 18.2. The summed E-state index contributed by atoms with van der Waals surface area (Å²) in [5.74, 6) is 0.859. The average molecular weight is 382 g/mol. The van der Waals surface area contributed by atoms with Gasteiger partial charge < -0.3 is 19.5 Å². The Labute approximate surface area is 167 Å². The Morgan fingerprint density at radius 2 is 2.04 bits per heavy atom. The number of rotatable bonds is 4. The van der Waals surface area contributed by atoms with E-state index in [9.17, 15) is 4.79 Å². The molecule has 3 aliphatic rings. The van der Waals surface area contributed by atoms with Gasteiger partial charge in [-0.3, -0.25) is 4.79 Å². The number of hydrogen-bond donors (Lipinski definition) is 1. The monoisotopic (exact) mass is 381 g/mol. The highest BCUT2D eigenvalue weighted by Crippen LogP contribution is 2.38. The van der Waals surface area contributed by atoms with Gasteiger partial charge >= 0.3 is 0 Å². The highest BCUT2D eigenvalue weighted by molar-refractivity contribution is 5.88. The molecule has 2 aromatic rings. The van der Waals surface area contributed by atoms with Gasteiger partial charge in [-0.15, -0.1) is 0 Å². The number of ether oxygens (including phenoxy) is 1. The second kappa shape index (κ2) is 7.53. The van der Waals surface area contributed by atoms with E-state index in [1.807, 2.05) is 18.3 Å². The molecule has 28 heavy (non-hydrogen) atoms. The van der Waals surface area contributed by atoms with Gasteiger partial charge in [-0.25, -0.2) is 0 Å². The fourth-order valence-corrected chi connectivity index (χ4v) is 5.53. The van der Waals surface area contributed by atoms with Crippen LogP contribution in [0.3, 0.4) is 0 Å². The second-order valence-corrected chi connectivity index (χ2v) is 9.03. The maximum atomic E-state index is 13.1. The van der Waals surface area contributed by atoms with E-state index in [1.165, 1.54) is 32.5 Å². The summed E-state index contributed by atoms with van der Waals surface area (Å²) in [4.78, 5) is 21.0. The van der Waals surface area contributed by atoms with Crippen LogP contribution in [0, 0.1) is 5.92 Å². The van der Waals surface area contributed by atoms with Gasteiger partial charge in [0.05, 0.1) is 18.6 Å². The molecule has 0 unspecified atom stereocenters. The lowest BCUT2D eigenvalue weighted by Crippen LogP contribution is -2.50. The van der Waals surface area contributed by atoms with E-state index in [0.717, 1.165) is 55.4 Å². The number of hydrogen-bond acceptors (Lipinski definition) is 3. The van der Waals surface area contributed by atoms with Gasteiger partial charge in [0.2, 0.25) is 5.91 Å². The molecule has 3 saturated heterocycles. The number of para-hydroxylation sites is 1.